The van der Waals surface area contributed by atoms with Crippen LogP contribution in [0.1, 0.15) is 0 Å². The Kier molecular flexibility index (Phi) is 4.30. The summed E-state index contributed by atoms with van der Waals surface area (Å²) in [5.41, 5.74) is -7.15. The van der Waals surface area contributed by atoms with Crippen molar-refractivity contribution in [1.29, 1.82) is 0 Å². The molecule has 0 amide bonds. The van der Waals surface area contributed by atoms with E-state index in [2.05, 4.69) is 0 Å². The maximum atomic E-state index is 12.5. The molecule has 122 valence electrons. The molecule has 0 aromatic heterocycles. The van der Waals surface area contributed by atoms with Crippen molar-refractivity contribution in [2.24, 2.45) is 0 Å². The molecule has 0 heterocycles. The van der Waals surface area contributed by atoms with Crippen LogP contribution in [0.25, 0.3) is 0 Å². The highest BCUT2D eigenvalue weighted by Gasteiger charge is 2.90. The van der Waals surface area contributed by atoms with Crippen LogP contribution >= 0.6 is 7.60 Å². The largest absolute Gasteiger partial charge is 0.460 e. The molecular formula is C5H2F11O3P. The highest BCUT2D eigenvalue weighted by Crippen LogP contribution is 2.66. The Morgan fingerprint density at radius 2 is 0.900 bits per heavy atom. The maximum Gasteiger partial charge on any atom is 0.460 e. The van der Waals surface area contributed by atoms with Crippen LogP contribution in [0.2, 0.25) is 0 Å². The Morgan fingerprint density at radius 3 is 1.10 bits per heavy atom. The first-order valence-electron chi connectivity index (χ1n) is 3.88. The number of hydrogen-bond acceptors (Lipinski definition) is 1. The molecule has 0 aliphatic heterocycles. The van der Waals surface area contributed by atoms with E-state index < -0.39 is 37.2 Å². The van der Waals surface area contributed by atoms with Crippen LogP contribution in [0.15, 0.2) is 0 Å². The Bertz CT molecular complexity index is 420. The molecule has 0 aromatic rings. The molecule has 0 rings (SSSR count). The molecule has 0 spiro atoms. The van der Waals surface area contributed by atoms with Crippen molar-refractivity contribution in [1.82, 2.24) is 0 Å². The third kappa shape index (κ3) is 2.37. The van der Waals surface area contributed by atoms with E-state index in [1.807, 2.05) is 0 Å². The van der Waals surface area contributed by atoms with E-state index in [-0.39, 0.29) is 0 Å². The highest BCUT2D eigenvalue weighted by atomic mass is 31.2. The van der Waals surface area contributed by atoms with Gasteiger partial charge in [-0.25, -0.2) is 0 Å². The number of rotatable bonds is 4. The van der Waals surface area contributed by atoms with Gasteiger partial charge in [-0.2, -0.15) is 48.3 Å². The van der Waals surface area contributed by atoms with E-state index in [1.54, 1.807) is 0 Å². The van der Waals surface area contributed by atoms with Crippen molar-refractivity contribution in [3.63, 3.8) is 0 Å². The Morgan fingerprint density at radius 1 is 0.600 bits per heavy atom. The Labute approximate surface area is 101 Å². The van der Waals surface area contributed by atoms with Gasteiger partial charge in [0, 0.05) is 0 Å². The summed E-state index contributed by atoms with van der Waals surface area (Å²) in [5.74, 6) is -23.2. The lowest BCUT2D eigenvalue weighted by Crippen LogP contribution is -2.66. The van der Waals surface area contributed by atoms with Gasteiger partial charge in [0.25, 0.3) is 0 Å². The van der Waals surface area contributed by atoms with Crippen LogP contribution < -0.4 is 0 Å². The molecule has 0 unspecified atom stereocenters. The summed E-state index contributed by atoms with van der Waals surface area (Å²) in [5, 5.41) is 0. The van der Waals surface area contributed by atoms with Gasteiger partial charge in [-0.3, -0.25) is 4.57 Å². The van der Waals surface area contributed by atoms with Crippen molar-refractivity contribution in [2.45, 2.75) is 29.6 Å². The van der Waals surface area contributed by atoms with E-state index in [1.165, 1.54) is 0 Å². The first kappa shape index (κ1) is 19.4. The van der Waals surface area contributed by atoms with Crippen LogP contribution in [0.4, 0.5) is 48.3 Å². The number of halogens is 11. The standard InChI is InChI=1S/C5H2F11O3P/c6-1(7,2(8,9)4(12,13)14)3(10,11)5(15,16)20(17,18)19/h(H2,17,18,19). The zero-order chi connectivity index (χ0) is 17.0. The minimum absolute atomic E-state index is 7.15. The monoisotopic (exact) mass is 350 g/mol. The fraction of sp³-hybridized carbons (Fsp3) is 1.00. The van der Waals surface area contributed by atoms with Crippen molar-refractivity contribution >= 4 is 7.60 Å². The van der Waals surface area contributed by atoms with Crippen molar-refractivity contribution in [2.75, 3.05) is 0 Å². The fourth-order valence-corrected chi connectivity index (χ4v) is 1.25. The summed E-state index contributed by atoms with van der Waals surface area (Å²) < 4.78 is 144. The summed E-state index contributed by atoms with van der Waals surface area (Å²) in [7, 11) is -7.47. The van der Waals surface area contributed by atoms with Crippen LogP contribution in [0.5, 0.6) is 0 Å². The topological polar surface area (TPSA) is 57.5 Å². The van der Waals surface area contributed by atoms with E-state index in [0.29, 0.717) is 0 Å². The third-order valence-electron chi connectivity index (χ3n) is 1.89. The van der Waals surface area contributed by atoms with Crippen molar-refractivity contribution in [3.8, 4) is 0 Å². The fourth-order valence-electron chi connectivity index (χ4n) is 0.747. The molecule has 2 N–H and O–H groups in total. The number of alkyl halides is 11. The van der Waals surface area contributed by atoms with Gasteiger partial charge in [-0.15, -0.1) is 0 Å². The average Bonchev–Trinajstić information content (AvgIpc) is 2.12. The van der Waals surface area contributed by atoms with Gasteiger partial charge in [0.2, 0.25) is 0 Å². The second-order valence-corrected chi connectivity index (χ2v) is 4.96. The second-order valence-electron chi connectivity index (χ2n) is 3.31. The lowest BCUT2D eigenvalue weighted by Gasteiger charge is -2.37. The smallest absolute Gasteiger partial charge is 0.320 e. The van der Waals surface area contributed by atoms with Gasteiger partial charge in [-0.1, -0.05) is 0 Å². The summed E-state index contributed by atoms with van der Waals surface area (Å²) in [6.45, 7) is 0. The van der Waals surface area contributed by atoms with E-state index in [0.717, 1.165) is 0 Å². The SMILES string of the molecule is O=P(O)(O)C(F)(F)C(F)(F)C(F)(F)C(F)(F)C(F)(F)F. The molecule has 20 heavy (non-hydrogen) atoms. The van der Waals surface area contributed by atoms with Gasteiger partial charge in [0.15, 0.2) is 0 Å². The van der Waals surface area contributed by atoms with Crippen LogP contribution in [0, 0.1) is 0 Å². The van der Waals surface area contributed by atoms with Gasteiger partial charge in [-0.05, 0) is 0 Å². The van der Waals surface area contributed by atoms with Crippen molar-refractivity contribution in [3.05, 3.63) is 0 Å². The minimum atomic E-state index is -7.82. The molecule has 0 fully saturated rings. The lowest BCUT2D eigenvalue weighted by molar-refractivity contribution is -0.414. The first-order chi connectivity index (χ1) is 8.25. The predicted molar refractivity (Wildman–Crippen MR) is 37.9 cm³/mol. The molecule has 0 aliphatic carbocycles. The highest BCUT2D eigenvalue weighted by molar-refractivity contribution is 7.53. The zero-order valence-electron chi connectivity index (χ0n) is 8.41. The molecule has 0 aromatic carbocycles. The van der Waals surface area contributed by atoms with E-state index in [9.17, 15) is 52.9 Å². The predicted octanol–water partition coefficient (Wildman–Crippen LogP) is 3.23. The number of hydrogen-bond donors (Lipinski definition) is 2. The molecule has 0 saturated heterocycles. The third-order valence-corrected chi connectivity index (χ3v) is 2.90. The van der Waals surface area contributed by atoms with Gasteiger partial charge < -0.3 is 9.79 Å². The average molecular weight is 350 g/mol. The minimum Gasteiger partial charge on any atom is -0.320 e. The molecule has 0 aliphatic rings. The molecular weight excluding hydrogens is 348 g/mol. The molecule has 0 bridgehead atoms. The molecule has 0 atom stereocenters. The van der Waals surface area contributed by atoms with Crippen LogP contribution in [0.3, 0.4) is 0 Å². The second kappa shape index (κ2) is 4.44. The van der Waals surface area contributed by atoms with Gasteiger partial charge in [0.1, 0.15) is 0 Å². The summed E-state index contributed by atoms with van der Waals surface area (Å²) >= 11 is 0. The summed E-state index contributed by atoms with van der Waals surface area (Å²) in [6.07, 6.45) is -7.37. The van der Waals surface area contributed by atoms with Crippen molar-refractivity contribution < 1.29 is 62.6 Å². The van der Waals surface area contributed by atoms with Gasteiger partial charge >= 0.3 is 37.2 Å². The van der Waals surface area contributed by atoms with E-state index >= 15 is 0 Å². The summed E-state index contributed by atoms with van der Waals surface area (Å²) in [4.78, 5) is 15.5. The zero-order valence-corrected chi connectivity index (χ0v) is 9.30. The molecule has 15 heteroatoms. The molecule has 0 saturated carbocycles. The molecule has 3 nitrogen and oxygen atoms in total. The normalized spacial score (nSPS) is 16.4. The lowest BCUT2D eigenvalue weighted by atomic mass is 10.0. The maximum absolute atomic E-state index is 12.5. The summed E-state index contributed by atoms with van der Waals surface area (Å²) in [6, 6.07) is 0. The van der Waals surface area contributed by atoms with Crippen LogP contribution in [-0.2, 0) is 4.57 Å². The van der Waals surface area contributed by atoms with Gasteiger partial charge in [0.05, 0.1) is 0 Å². The quantitative estimate of drug-likeness (QED) is 0.605. The molecule has 0 radical (unpaired) electrons. The van der Waals surface area contributed by atoms with E-state index in [4.69, 9.17) is 9.79 Å². The Hall–Kier alpha value is -0.620. The van der Waals surface area contributed by atoms with Crippen LogP contribution in [-0.4, -0.2) is 39.4 Å². The Balaban J connectivity index is 6.15. The first-order valence-corrected chi connectivity index (χ1v) is 5.50.